The summed E-state index contributed by atoms with van der Waals surface area (Å²) >= 11 is 0. The fourth-order valence-corrected chi connectivity index (χ4v) is 8.15. The number of carbonyl (C=O) groups excluding carboxylic acids is 2. The number of unbranched alkanes of at least 4 members (excludes halogenated alkanes) is 2. The molecule has 0 bridgehead atoms. The van der Waals surface area contributed by atoms with Crippen molar-refractivity contribution < 1.29 is 67.9 Å². The molecule has 4 rings (SSSR count). The van der Waals surface area contributed by atoms with Crippen molar-refractivity contribution in [3.8, 4) is 0 Å². The minimum absolute atomic E-state index is 0. The number of carbonyl (C=O) groups is 2. The van der Waals surface area contributed by atoms with E-state index >= 15 is 0 Å². The van der Waals surface area contributed by atoms with Gasteiger partial charge in [-0.1, -0.05) is 61.4 Å². The van der Waals surface area contributed by atoms with Crippen LogP contribution in [0.5, 0.6) is 0 Å². The van der Waals surface area contributed by atoms with Gasteiger partial charge in [0.15, 0.2) is 0 Å². The van der Waals surface area contributed by atoms with Gasteiger partial charge in [-0.25, -0.2) is 26.3 Å². The van der Waals surface area contributed by atoms with E-state index in [0.29, 0.717) is 49.5 Å². The normalized spacial score (nSPS) is 11.5. The van der Waals surface area contributed by atoms with Gasteiger partial charge < -0.3 is 83.2 Å². The summed E-state index contributed by atoms with van der Waals surface area (Å²) < 4.78 is 55.9. The molecule has 4 aromatic carbocycles. The van der Waals surface area contributed by atoms with Crippen LogP contribution in [0.3, 0.4) is 0 Å². The van der Waals surface area contributed by atoms with E-state index in [2.05, 4.69) is 9.44 Å². The van der Waals surface area contributed by atoms with E-state index in [1.54, 1.807) is 36.4 Å². The van der Waals surface area contributed by atoms with Crippen LogP contribution in [-0.4, -0.2) is 105 Å². The van der Waals surface area contributed by atoms with Crippen LogP contribution in [0.1, 0.15) is 38.5 Å². The van der Waals surface area contributed by atoms with Gasteiger partial charge in [0.1, 0.15) is 0 Å². The summed E-state index contributed by atoms with van der Waals surface area (Å²) in [7, 11) is 0.284. The zero-order valence-corrected chi connectivity index (χ0v) is 40.0. The molecule has 10 N–H and O–H groups in total. The van der Waals surface area contributed by atoms with Crippen LogP contribution < -0.4 is 52.4 Å². The van der Waals surface area contributed by atoms with E-state index in [0.717, 1.165) is 22.1 Å². The number of anilines is 2. The third kappa shape index (κ3) is 23.4. The molecule has 0 saturated heterocycles. The predicted molar refractivity (Wildman–Crippen MR) is 239 cm³/mol. The average Bonchev–Trinajstić information content (AvgIpc) is 3.21. The zero-order valence-electron chi connectivity index (χ0n) is 36.1. The van der Waals surface area contributed by atoms with Crippen LogP contribution >= 0.6 is 0 Å². The number of carboxylic acid groups (broad SMARTS) is 2. The summed E-state index contributed by atoms with van der Waals surface area (Å²) in [6, 6.07) is 19.5. The first-order valence-electron chi connectivity index (χ1n) is 19.2. The Morgan fingerprint density at radius 3 is 1.11 bits per heavy atom. The molecule has 0 saturated carbocycles. The van der Waals surface area contributed by atoms with Crippen molar-refractivity contribution in [2.75, 3.05) is 64.2 Å². The number of carboxylic acids is 2. The number of aliphatic carboxylic acids is 2. The molecule has 24 nitrogen and oxygen atoms in total. The minimum Gasteiger partial charge on any atom is -0.548 e. The molecule has 0 amide bonds. The number of benzene rings is 4. The van der Waals surface area contributed by atoms with E-state index in [9.17, 15) is 36.6 Å². The molecular formula is C38H56N10O14PtS2. The largest absolute Gasteiger partial charge is 4.00 e. The number of sulfonamides is 2. The van der Waals surface area contributed by atoms with Gasteiger partial charge in [0, 0.05) is 99.4 Å². The van der Waals surface area contributed by atoms with Crippen LogP contribution in [0.4, 0.5) is 11.4 Å². The first-order valence-corrected chi connectivity index (χ1v) is 22.2. The number of rotatable bonds is 19. The third-order valence-electron chi connectivity index (χ3n) is 8.50. The molecule has 0 heterocycles. The van der Waals surface area contributed by atoms with E-state index in [1.165, 1.54) is 0 Å². The monoisotopic (exact) mass is 1140 g/mol. The molecule has 27 heteroatoms. The number of nitrogens with one attached hydrogen (secondary N) is 2. The maximum Gasteiger partial charge on any atom is 4.00 e. The van der Waals surface area contributed by atoms with Gasteiger partial charge >= 0.3 is 21.1 Å². The number of hydrogen-bond donors (Lipinski definition) is 6. The Bertz CT molecular complexity index is 2160. The van der Waals surface area contributed by atoms with Crippen molar-refractivity contribution in [1.82, 2.24) is 9.44 Å². The van der Waals surface area contributed by atoms with E-state index in [4.69, 9.17) is 53.6 Å². The molecule has 0 radical (unpaired) electrons. The fourth-order valence-electron chi connectivity index (χ4n) is 5.56. The Hall–Kier alpha value is -5.31. The predicted octanol–water partition coefficient (Wildman–Crippen LogP) is -0.714. The van der Waals surface area contributed by atoms with Crippen LogP contribution in [0.2, 0.25) is 0 Å². The van der Waals surface area contributed by atoms with Gasteiger partial charge in [-0.05, 0) is 49.9 Å². The Kier molecular flexibility index (Phi) is 30.0. The number of fused-ring (bicyclic) bond motifs is 2. The standard InChI is InChI=1S/2C18H25N3O4S.C2H8N2.2NO3.Pt/c2*1-21(2)16-10-5-8-14-13(16)7-6-11-17(14)26(24,25)20-12-4-3-9-15(19)18(22)23;3-1-2-4;2*2-1(3)4;/h2*5-8,10-11,15,20H,3-4,9,12,19H2,1-2H3,(H,22,23);1-4H2;;;/q;;;2*-1;+4/p-2/t2*15-;;;;/m00..../s1. The Balaban J connectivity index is 0. The second-order valence-corrected chi connectivity index (χ2v) is 17.2. The Labute approximate surface area is 391 Å². The summed E-state index contributed by atoms with van der Waals surface area (Å²) in [6.07, 6.45) is 2.49. The fraction of sp³-hybridized carbons (Fsp3) is 0.421. The maximum atomic E-state index is 12.7. The molecule has 0 aliphatic carbocycles. The van der Waals surface area contributed by atoms with Crippen molar-refractivity contribution in [1.29, 1.82) is 0 Å². The van der Waals surface area contributed by atoms with Crippen LogP contribution in [0.15, 0.2) is 82.6 Å². The van der Waals surface area contributed by atoms with Gasteiger partial charge in [0.05, 0.1) is 31.9 Å². The number of nitrogens with zero attached hydrogens (tertiary/aromatic N) is 4. The minimum atomic E-state index is -3.67. The quantitative estimate of drug-likeness (QED) is 0.0383. The summed E-state index contributed by atoms with van der Waals surface area (Å²) in [5.41, 5.74) is 22.4. The Morgan fingerprint density at radius 2 is 0.846 bits per heavy atom. The first-order chi connectivity index (χ1) is 29.9. The van der Waals surface area contributed by atoms with Crippen molar-refractivity contribution in [3.05, 3.63) is 103 Å². The van der Waals surface area contributed by atoms with Crippen LogP contribution in [0.25, 0.3) is 21.5 Å². The van der Waals surface area contributed by atoms with Crippen molar-refractivity contribution in [2.45, 2.75) is 60.4 Å². The average molecular weight is 1140 g/mol. The Morgan fingerprint density at radius 1 is 0.569 bits per heavy atom. The maximum absolute atomic E-state index is 12.7. The van der Waals surface area contributed by atoms with Gasteiger partial charge in [0.2, 0.25) is 20.0 Å². The molecule has 4 aromatic rings. The van der Waals surface area contributed by atoms with Crippen molar-refractivity contribution >= 4 is 64.9 Å². The number of hydrogen-bond acceptors (Lipinski definition) is 20. The summed E-state index contributed by atoms with van der Waals surface area (Å²) in [6.45, 7) is 1.62. The molecule has 0 aliphatic heterocycles. The summed E-state index contributed by atoms with van der Waals surface area (Å²) in [5, 5.41) is 53.7. The topological polar surface area (TPSA) is 416 Å². The van der Waals surface area contributed by atoms with Crippen LogP contribution in [-0.2, 0) is 50.7 Å². The molecule has 0 unspecified atom stereocenters. The molecule has 0 spiro atoms. The van der Waals surface area contributed by atoms with E-state index in [1.807, 2.05) is 74.4 Å². The summed E-state index contributed by atoms with van der Waals surface area (Å²) in [4.78, 5) is 41.9. The molecule has 0 aliphatic rings. The second kappa shape index (κ2) is 31.5. The van der Waals surface area contributed by atoms with Gasteiger partial charge in [-0.2, -0.15) is 0 Å². The first kappa shape index (κ1) is 61.8. The smallest absolute Gasteiger partial charge is 0.548 e. The van der Waals surface area contributed by atoms with Gasteiger partial charge in [-0.15, -0.1) is 0 Å². The SMILES string of the molecule is CN(C)c1cccc2c(S(=O)(=O)NCCCC[C@H](N)C(=O)[O-])cccc12.CN(C)c1cccc2c(S(=O)(=O)NCCCC[C@H](N)C(=O)[O-])cccc12.NCCN.O=[N+]([O-])[O-].O=[N+]([O-])[O-].[Pt+4]. The van der Waals surface area contributed by atoms with E-state index in [-0.39, 0.29) is 56.8 Å². The van der Waals surface area contributed by atoms with Gasteiger partial charge in [0.25, 0.3) is 0 Å². The van der Waals surface area contributed by atoms with Crippen molar-refractivity contribution in [3.63, 3.8) is 0 Å². The zero-order chi connectivity index (χ0) is 49.2. The van der Waals surface area contributed by atoms with Gasteiger partial charge in [-0.3, -0.25) is 0 Å². The number of nitrogens with two attached hydrogens (primary N) is 4. The van der Waals surface area contributed by atoms with E-state index < -0.39 is 54.2 Å². The van der Waals surface area contributed by atoms with Crippen molar-refractivity contribution in [2.24, 2.45) is 22.9 Å². The molecular weight excluding hydrogens is 1080 g/mol. The third-order valence-corrected chi connectivity index (χ3v) is 11.5. The molecule has 0 fully saturated rings. The van der Waals surface area contributed by atoms with Crippen LogP contribution in [0, 0.1) is 30.6 Å². The molecule has 0 aromatic heterocycles. The molecule has 2 atom stereocenters. The molecule has 65 heavy (non-hydrogen) atoms. The second-order valence-electron chi connectivity index (χ2n) is 13.7. The summed E-state index contributed by atoms with van der Waals surface area (Å²) in [5.74, 6) is -2.59. The molecule has 364 valence electrons.